The first-order valence-corrected chi connectivity index (χ1v) is 18.0. The Morgan fingerprint density at radius 3 is 0.979 bits per heavy atom. The summed E-state index contributed by atoms with van der Waals surface area (Å²) in [6, 6.07) is 21.8. The van der Waals surface area contributed by atoms with Gasteiger partial charge in [0.1, 0.15) is 0 Å². The molecule has 3 aromatic rings. The lowest BCUT2D eigenvalue weighted by Crippen LogP contribution is -2.25. The molecule has 3 rings (SSSR count). The molecule has 0 N–H and O–H groups in total. The largest absolute Gasteiger partial charge is 0.463 e. The fraction of sp³-hybridized carbons (Fsp3) is 0.308. The van der Waals surface area contributed by atoms with E-state index in [1.54, 1.807) is 18.2 Å². The topological polar surface area (TPSA) is 96.0 Å². The number of hydrogen-bond donors (Lipinski definition) is 0. The first-order chi connectivity index (χ1) is 22.8. The van der Waals surface area contributed by atoms with E-state index in [4.69, 9.17) is 14.2 Å². The van der Waals surface area contributed by atoms with Crippen LogP contribution in [0.3, 0.4) is 0 Å². The number of rotatable bonds is 18. The summed E-state index contributed by atoms with van der Waals surface area (Å²) in [5, 5.41) is 1.85. The van der Waals surface area contributed by atoms with Gasteiger partial charge in [-0.2, -0.15) is 0 Å². The molecule has 248 valence electrons. The second-order valence-corrected chi connectivity index (χ2v) is 13.7. The highest BCUT2D eigenvalue weighted by molar-refractivity contribution is 7.85. The molecule has 8 heteroatoms. The van der Waals surface area contributed by atoms with Crippen molar-refractivity contribution in [3.63, 3.8) is 0 Å². The summed E-state index contributed by atoms with van der Waals surface area (Å²) in [6.07, 6.45) is 14.5. The predicted octanol–water partition coefficient (Wildman–Crippen LogP) is 7.40. The number of carbonyl (C=O) groups is 3. The van der Waals surface area contributed by atoms with Crippen molar-refractivity contribution in [2.75, 3.05) is 19.8 Å². The summed E-state index contributed by atoms with van der Waals surface area (Å²) in [6.45, 7) is 7.25. The highest BCUT2D eigenvalue weighted by Crippen LogP contribution is 2.42. The molecule has 0 bridgehead atoms. The summed E-state index contributed by atoms with van der Waals surface area (Å²) in [4.78, 5) is 36.0. The Morgan fingerprint density at radius 1 is 0.489 bits per heavy atom. The fourth-order valence-electron chi connectivity index (χ4n) is 4.42. The van der Waals surface area contributed by atoms with Crippen LogP contribution in [0.1, 0.15) is 76.0 Å². The first kappa shape index (κ1) is 37.0. The van der Waals surface area contributed by atoms with Crippen LogP contribution in [0, 0.1) is 0 Å². The molecule has 0 aliphatic rings. The number of benzene rings is 3. The zero-order valence-corrected chi connectivity index (χ0v) is 28.5. The minimum atomic E-state index is -3.35. The van der Waals surface area contributed by atoms with Crippen LogP contribution in [0.15, 0.2) is 91.0 Å². The van der Waals surface area contributed by atoms with Gasteiger partial charge in [-0.25, -0.2) is 14.4 Å². The van der Waals surface area contributed by atoms with Gasteiger partial charge in [0.05, 0.1) is 19.8 Å². The fourth-order valence-corrected chi connectivity index (χ4v) is 7.02. The summed E-state index contributed by atoms with van der Waals surface area (Å²) < 4.78 is 30.7. The van der Waals surface area contributed by atoms with Crippen molar-refractivity contribution in [2.45, 2.75) is 59.3 Å². The highest BCUT2D eigenvalue weighted by atomic mass is 31.2. The van der Waals surface area contributed by atoms with E-state index in [2.05, 4.69) is 0 Å². The van der Waals surface area contributed by atoms with Gasteiger partial charge < -0.3 is 18.8 Å². The Bertz CT molecular complexity index is 1380. The van der Waals surface area contributed by atoms with Gasteiger partial charge in [0.2, 0.25) is 0 Å². The lowest BCUT2D eigenvalue weighted by Gasteiger charge is -2.20. The molecule has 0 spiro atoms. The molecule has 0 aromatic heterocycles. The maximum absolute atomic E-state index is 15.1. The molecule has 0 saturated carbocycles. The molecule has 0 aliphatic heterocycles. The summed E-state index contributed by atoms with van der Waals surface area (Å²) >= 11 is 0. The van der Waals surface area contributed by atoms with Crippen LogP contribution >= 0.6 is 7.14 Å². The highest BCUT2D eigenvalue weighted by Gasteiger charge is 2.29. The Morgan fingerprint density at radius 2 is 0.745 bits per heavy atom. The average Bonchev–Trinajstić information content (AvgIpc) is 3.09. The maximum atomic E-state index is 15.1. The summed E-state index contributed by atoms with van der Waals surface area (Å²) in [7, 11) is -3.35. The molecule has 0 amide bonds. The standard InChI is InChI=1S/C39H45O7P/c1-4-7-28-44-37(40)25-16-31-10-19-34(20-11-31)47(43,35-21-12-32(13-22-35)17-26-38(41)45-29-8-5-2)36-23-14-33(15-24-36)18-27-39(42)46-30-9-6-3/h10-27H,4-9,28-30H2,1-3H3. The zero-order chi connectivity index (χ0) is 33.9. The summed E-state index contributed by atoms with van der Waals surface area (Å²) in [5.74, 6) is -1.21. The van der Waals surface area contributed by atoms with Crippen LogP contribution < -0.4 is 15.9 Å². The average molecular weight is 657 g/mol. The normalized spacial score (nSPS) is 12.7. The third-order valence-corrected chi connectivity index (χ3v) is 10.3. The number of unbranched alkanes of at least 4 members (excludes halogenated alkanes) is 3. The van der Waals surface area contributed by atoms with E-state index in [1.165, 1.54) is 18.2 Å². The van der Waals surface area contributed by atoms with E-state index in [9.17, 15) is 14.4 Å². The van der Waals surface area contributed by atoms with Crippen LogP contribution in [0.2, 0.25) is 0 Å². The molecule has 0 aliphatic carbocycles. The van der Waals surface area contributed by atoms with Gasteiger partial charge in [0, 0.05) is 34.1 Å². The Labute approximate surface area is 278 Å². The molecular formula is C39H45O7P. The van der Waals surface area contributed by atoms with Crippen LogP contribution in [0.4, 0.5) is 0 Å². The molecule has 0 heterocycles. The first-order valence-electron chi connectivity index (χ1n) is 16.3. The van der Waals surface area contributed by atoms with Crippen molar-refractivity contribution in [1.82, 2.24) is 0 Å². The molecule has 0 radical (unpaired) electrons. The van der Waals surface area contributed by atoms with E-state index in [1.807, 2.05) is 93.6 Å². The zero-order valence-electron chi connectivity index (χ0n) is 27.6. The quantitative estimate of drug-likeness (QED) is 0.0463. The van der Waals surface area contributed by atoms with Crippen molar-refractivity contribution >= 4 is 59.2 Å². The van der Waals surface area contributed by atoms with Crippen molar-refractivity contribution in [3.8, 4) is 0 Å². The molecule has 0 saturated heterocycles. The third-order valence-electron chi connectivity index (χ3n) is 7.23. The second kappa shape index (κ2) is 19.9. The number of carbonyl (C=O) groups excluding carboxylic acids is 3. The van der Waals surface area contributed by atoms with Crippen LogP contribution in [0.25, 0.3) is 18.2 Å². The Kier molecular flexibility index (Phi) is 15.7. The molecule has 3 aromatic carbocycles. The number of esters is 3. The Hall–Kier alpha value is -4.48. The second-order valence-electron chi connectivity index (χ2n) is 10.9. The van der Waals surface area contributed by atoms with Crippen molar-refractivity contribution < 1.29 is 33.2 Å². The van der Waals surface area contributed by atoms with E-state index in [0.717, 1.165) is 55.2 Å². The molecule has 0 fully saturated rings. The van der Waals surface area contributed by atoms with Gasteiger partial charge in [-0.05, 0) is 54.2 Å². The third kappa shape index (κ3) is 12.0. The SMILES string of the molecule is CCCCOC(=O)C=Cc1ccc(P(=O)(c2ccc(C=CC(=O)OCCCC)cc2)c2ccc(C=CC(=O)OCCCC)cc2)cc1. The Balaban J connectivity index is 1.89. The van der Waals surface area contributed by atoms with E-state index in [-0.39, 0.29) is 0 Å². The molecule has 47 heavy (non-hydrogen) atoms. The smallest absolute Gasteiger partial charge is 0.330 e. The van der Waals surface area contributed by atoms with Gasteiger partial charge in [-0.15, -0.1) is 0 Å². The monoisotopic (exact) mass is 656 g/mol. The van der Waals surface area contributed by atoms with E-state index < -0.39 is 25.0 Å². The minimum absolute atomic E-state index is 0.386. The van der Waals surface area contributed by atoms with Gasteiger partial charge in [0.25, 0.3) is 0 Å². The van der Waals surface area contributed by atoms with E-state index >= 15 is 4.57 Å². The predicted molar refractivity (Wildman–Crippen MR) is 191 cm³/mol. The van der Waals surface area contributed by atoms with Gasteiger partial charge in [-0.1, -0.05) is 113 Å². The lowest BCUT2D eigenvalue weighted by molar-refractivity contribution is -0.138. The van der Waals surface area contributed by atoms with Crippen molar-refractivity contribution in [3.05, 3.63) is 108 Å². The van der Waals surface area contributed by atoms with Gasteiger partial charge >= 0.3 is 17.9 Å². The molecule has 7 nitrogen and oxygen atoms in total. The van der Waals surface area contributed by atoms with E-state index in [0.29, 0.717) is 35.7 Å². The molecular weight excluding hydrogens is 611 g/mol. The molecule has 0 atom stereocenters. The van der Waals surface area contributed by atoms with Crippen LogP contribution in [-0.2, 0) is 33.2 Å². The lowest BCUT2D eigenvalue weighted by atomic mass is 10.2. The minimum Gasteiger partial charge on any atom is -0.463 e. The maximum Gasteiger partial charge on any atom is 0.330 e. The molecule has 0 unspecified atom stereocenters. The van der Waals surface area contributed by atoms with Gasteiger partial charge in [0.15, 0.2) is 7.14 Å². The van der Waals surface area contributed by atoms with Crippen molar-refractivity contribution in [1.29, 1.82) is 0 Å². The number of ether oxygens (including phenoxy) is 3. The van der Waals surface area contributed by atoms with Crippen LogP contribution in [-0.4, -0.2) is 37.7 Å². The van der Waals surface area contributed by atoms with Crippen LogP contribution in [0.5, 0.6) is 0 Å². The summed E-state index contributed by atoms with van der Waals surface area (Å²) in [5.41, 5.74) is 2.31. The van der Waals surface area contributed by atoms with Gasteiger partial charge in [-0.3, -0.25) is 0 Å². The van der Waals surface area contributed by atoms with Crippen molar-refractivity contribution in [2.24, 2.45) is 0 Å². The number of hydrogen-bond acceptors (Lipinski definition) is 7.